The molecular weight excluding hydrogens is 476 g/mol. The van der Waals surface area contributed by atoms with Gasteiger partial charge in [-0.15, -0.1) is 0 Å². The number of aromatic nitrogens is 1. The summed E-state index contributed by atoms with van der Waals surface area (Å²) in [5.41, 5.74) is 5.09. The summed E-state index contributed by atoms with van der Waals surface area (Å²) in [4.78, 5) is 19.3. The number of carbonyl (C=O) groups is 1. The van der Waals surface area contributed by atoms with Crippen molar-refractivity contribution >= 4 is 50.5 Å². The largest absolute Gasteiger partial charge is 0.452 e. The van der Waals surface area contributed by atoms with Gasteiger partial charge in [-0.05, 0) is 70.3 Å². The van der Waals surface area contributed by atoms with E-state index in [4.69, 9.17) is 4.42 Å². The van der Waals surface area contributed by atoms with Gasteiger partial charge in [-0.3, -0.25) is 9.78 Å². The normalized spacial score (nSPS) is 18.5. The number of hydrogen-bond donors (Lipinski definition) is 1. The van der Waals surface area contributed by atoms with Gasteiger partial charge in [0.1, 0.15) is 11.8 Å². The fourth-order valence-corrected chi connectivity index (χ4v) is 6.77. The van der Waals surface area contributed by atoms with Crippen LogP contribution in [0.2, 0.25) is 0 Å². The molecule has 1 aliphatic carbocycles. The van der Waals surface area contributed by atoms with Gasteiger partial charge in [-0.1, -0.05) is 62.4 Å². The lowest BCUT2D eigenvalue weighted by molar-refractivity contribution is -0.118. The van der Waals surface area contributed by atoms with Crippen LogP contribution in [0.15, 0.2) is 105 Å². The Bertz CT molecular complexity index is 1740. The van der Waals surface area contributed by atoms with Crippen LogP contribution in [0, 0.1) is 5.41 Å². The highest BCUT2D eigenvalue weighted by Crippen LogP contribution is 2.52. The Morgan fingerprint density at radius 1 is 0.919 bits per heavy atom. The molecule has 1 N–H and O–H groups in total. The maximum Gasteiger partial charge on any atom is 0.165 e. The lowest BCUT2D eigenvalue weighted by atomic mass is 9.68. The Balaban J connectivity index is 1.33. The lowest BCUT2D eigenvalue weighted by Crippen LogP contribution is -2.33. The number of hydrogen-bond acceptors (Lipinski definition) is 5. The minimum absolute atomic E-state index is 0.0858. The molecule has 5 heteroatoms. The highest BCUT2D eigenvalue weighted by Gasteiger charge is 2.41. The van der Waals surface area contributed by atoms with Crippen LogP contribution in [-0.2, 0) is 4.79 Å². The number of ketones is 1. The highest BCUT2D eigenvalue weighted by atomic mass is 32.2. The molecule has 3 heterocycles. The molecule has 2 aliphatic rings. The zero-order valence-corrected chi connectivity index (χ0v) is 21.6. The van der Waals surface area contributed by atoms with Crippen LogP contribution < -0.4 is 5.32 Å². The fraction of sp³-hybridized carbons (Fsp3) is 0.188. The molecule has 0 fully saturated rings. The second-order valence-electron chi connectivity index (χ2n) is 10.7. The summed E-state index contributed by atoms with van der Waals surface area (Å²) in [5.74, 6) is 0.959. The minimum atomic E-state index is -0.313. The minimum Gasteiger partial charge on any atom is -0.452 e. The molecule has 1 aliphatic heterocycles. The molecule has 0 bridgehead atoms. The van der Waals surface area contributed by atoms with Crippen LogP contribution in [0.5, 0.6) is 0 Å². The van der Waals surface area contributed by atoms with Crippen LogP contribution >= 0.6 is 11.8 Å². The van der Waals surface area contributed by atoms with Gasteiger partial charge in [0.25, 0.3) is 0 Å². The predicted octanol–water partition coefficient (Wildman–Crippen LogP) is 8.44. The van der Waals surface area contributed by atoms with E-state index in [1.54, 1.807) is 11.8 Å². The molecule has 0 radical (unpaired) electrons. The van der Waals surface area contributed by atoms with E-state index in [9.17, 15) is 4.79 Å². The fourth-order valence-electron chi connectivity index (χ4n) is 5.86. The van der Waals surface area contributed by atoms with Gasteiger partial charge in [-0.2, -0.15) is 0 Å². The Morgan fingerprint density at radius 3 is 2.68 bits per heavy atom. The molecule has 3 aromatic carbocycles. The van der Waals surface area contributed by atoms with Crippen LogP contribution in [0.4, 0.5) is 5.69 Å². The number of nitrogens with zero attached hydrogens (tertiary/aromatic N) is 1. The average Bonchev–Trinajstić information content (AvgIpc) is 3.36. The molecule has 7 rings (SSSR count). The molecule has 0 saturated heterocycles. The Labute approximate surface area is 219 Å². The predicted molar refractivity (Wildman–Crippen MR) is 150 cm³/mol. The maximum atomic E-state index is 13.7. The summed E-state index contributed by atoms with van der Waals surface area (Å²) in [6, 6.07) is 26.6. The second-order valence-corrected chi connectivity index (χ2v) is 11.8. The van der Waals surface area contributed by atoms with Crippen molar-refractivity contribution in [2.24, 2.45) is 5.41 Å². The zero-order valence-electron chi connectivity index (χ0n) is 20.7. The number of rotatable bonds is 3. The monoisotopic (exact) mass is 502 g/mol. The third-order valence-electron chi connectivity index (χ3n) is 7.43. The number of carbonyl (C=O) groups excluding carboxylic acids is 1. The van der Waals surface area contributed by atoms with Crippen molar-refractivity contribution in [3.05, 3.63) is 102 Å². The summed E-state index contributed by atoms with van der Waals surface area (Å²) < 4.78 is 6.41. The van der Waals surface area contributed by atoms with Crippen LogP contribution in [0.1, 0.15) is 44.1 Å². The van der Waals surface area contributed by atoms with E-state index >= 15 is 0 Å². The number of fused-ring (bicyclic) bond motifs is 5. The summed E-state index contributed by atoms with van der Waals surface area (Å²) in [6.45, 7) is 4.38. The number of para-hydroxylation sites is 1. The number of anilines is 1. The summed E-state index contributed by atoms with van der Waals surface area (Å²) >= 11 is 1.56. The molecular formula is C32H26N2O2S. The molecule has 0 unspecified atom stereocenters. The van der Waals surface area contributed by atoms with E-state index in [1.165, 1.54) is 10.8 Å². The first-order valence-corrected chi connectivity index (χ1v) is 13.4. The summed E-state index contributed by atoms with van der Waals surface area (Å²) in [5, 5.41) is 7.93. The smallest absolute Gasteiger partial charge is 0.165 e. The van der Waals surface area contributed by atoms with E-state index in [2.05, 4.69) is 78.7 Å². The van der Waals surface area contributed by atoms with Crippen molar-refractivity contribution in [1.82, 2.24) is 4.98 Å². The van der Waals surface area contributed by atoms with Gasteiger partial charge in [0.2, 0.25) is 0 Å². The quantitative estimate of drug-likeness (QED) is 0.268. The second kappa shape index (κ2) is 8.35. The number of benzene rings is 3. The van der Waals surface area contributed by atoms with Crippen molar-refractivity contribution in [1.29, 1.82) is 0 Å². The van der Waals surface area contributed by atoms with E-state index in [-0.39, 0.29) is 17.2 Å². The molecule has 0 saturated carbocycles. The molecule has 4 nitrogen and oxygen atoms in total. The van der Waals surface area contributed by atoms with Gasteiger partial charge in [-0.25, -0.2) is 0 Å². The Kier molecular flexibility index (Phi) is 5.05. The van der Waals surface area contributed by atoms with E-state index in [0.717, 1.165) is 55.5 Å². The molecule has 0 amide bonds. The van der Waals surface area contributed by atoms with Crippen molar-refractivity contribution in [3.8, 4) is 0 Å². The van der Waals surface area contributed by atoms with E-state index in [0.29, 0.717) is 6.42 Å². The van der Waals surface area contributed by atoms with E-state index < -0.39 is 0 Å². The third-order valence-corrected chi connectivity index (χ3v) is 8.40. The van der Waals surface area contributed by atoms with Crippen LogP contribution in [0.25, 0.3) is 27.2 Å². The molecule has 182 valence electrons. The number of nitrogens with one attached hydrogen (secondary N) is 1. The van der Waals surface area contributed by atoms with Gasteiger partial charge in [0.15, 0.2) is 10.9 Å². The molecule has 1 atom stereocenters. The van der Waals surface area contributed by atoms with Crippen molar-refractivity contribution in [2.75, 3.05) is 5.32 Å². The van der Waals surface area contributed by atoms with Gasteiger partial charge in [0.05, 0.1) is 5.52 Å². The first-order chi connectivity index (χ1) is 18.0. The molecule has 5 aromatic rings. The van der Waals surface area contributed by atoms with Crippen molar-refractivity contribution < 1.29 is 9.21 Å². The Hall–Kier alpha value is -3.83. The first-order valence-electron chi connectivity index (χ1n) is 12.6. The standard InChI is InChI=1S/C32H26N2O2S/c1-32(2)17-22-28-21-10-4-3-7-19(21)12-13-23(28)34-31(29(22)24(35)18-32)25-14-15-27(36-25)37-26-11-5-8-20-9-6-16-33-30(20)26/h3-16,31,34H,17-18H2,1-2H3/t31-/m1/s1. The zero-order chi connectivity index (χ0) is 25.1. The SMILES string of the molecule is CC1(C)CC(=O)C2=C(C1)c1c(ccc3ccccc13)N[C@@H]2c1ccc(Sc2cccc3cccnc23)o1. The van der Waals surface area contributed by atoms with Gasteiger partial charge < -0.3 is 9.73 Å². The van der Waals surface area contributed by atoms with Gasteiger partial charge >= 0.3 is 0 Å². The van der Waals surface area contributed by atoms with Crippen molar-refractivity contribution in [2.45, 2.75) is 42.7 Å². The molecule has 2 aromatic heterocycles. The first kappa shape index (κ1) is 22.4. The van der Waals surface area contributed by atoms with Crippen molar-refractivity contribution in [3.63, 3.8) is 0 Å². The van der Waals surface area contributed by atoms with Crippen LogP contribution in [-0.4, -0.2) is 10.8 Å². The number of Topliss-reactive ketones (excluding diaryl/α,β-unsaturated/α-hetero) is 1. The average molecular weight is 503 g/mol. The molecule has 37 heavy (non-hydrogen) atoms. The number of pyridine rings is 1. The molecule has 0 spiro atoms. The number of allylic oxidation sites excluding steroid dienone is 1. The topological polar surface area (TPSA) is 55.1 Å². The number of furan rings is 1. The lowest BCUT2D eigenvalue weighted by Gasteiger charge is -2.39. The summed E-state index contributed by atoms with van der Waals surface area (Å²) in [6.07, 6.45) is 3.21. The van der Waals surface area contributed by atoms with E-state index in [1.807, 2.05) is 30.5 Å². The van der Waals surface area contributed by atoms with Crippen LogP contribution in [0.3, 0.4) is 0 Å². The van der Waals surface area contributed by atoms with Gasteiger partial charge in [0, 0.05) is 39.7 Å². The highest BCUT2D eigenvalue weighted by molar-refractivity contribution is 7.99. The third kappa shape index (κ3) is 3.77. The maximum absolute atomic E-state index is 13.7. The Morgan fingerprint density at radius 2 is 1.76 bits per heavy atom. The summed E-state index contributed by atoms with van der Waals surface area (Å²) in [7, 11) is 0.